The van der Waals surface area contributed by atoms with Gasteiger partial charge in [0.15, 0.2) is 17.5 Å². The van der Waals surface area contributed by atoms with E-state index in [1.165, 1.54) is 6.33 Å². The Labute approximate surface area is 206 Å². The predicted octanol–water partition coefficient (Wildman–Crippen LogP) is 1.58. The van der Waals surface area contributed by atoms with Crippen LogP contribution in [0.15, 0.2) is 29.5 Å². The first kappa shape index (κ1) is 26.1. The summed E-state index contributed by atoms with van der Waals surface area (Å²) in [7, 11) is 5.17. The number of aliphatic imine (C=N–C) groups is 1. The molecule has 32 heavy (non-hydrogen) atoms. The van der Waals surface area contributed by atoms with Crippen molar-refractivity contribution in [2.75, 3.05) is 53.6 Å². The summed E-state index contributed by atoms with van der Waals surface area (Å²) in [6.07, 6.45) is 1.54. The number of benzene rings is 1. The summed E-state index contributed by atoms with van der Waals surface area (Å²) in [5.41, 5.74) is 1.15. The van der Waals surface area contributed by atoms with Gasteiger partial charge in [0.2, 0.25) is 0 Å². The van der Waals surface area contributed by atoms with E-state index in [0.717, 1.165) is 61.7 Å². The van der Waals surface area contributed by atoms with Crippen LogP contribution < -0.4 is 20.1 Å². The van der Waals surface area contributed by atoms with Gasteiger partial charge in [-0.05, 0) is 24.6 Å². The number of guanidine groups is 1. The van der Waals surface area contributed by atoms with Crippen molar-refractivity contribution in [3.05, 3.63) is 35.9 Å². The van der Waals surface area contributed by atoms with Crippen molar-refractivity contribution < 1.29 is 14.2 Å². The van der Waals surface area contributed by atoms with Gasteiger partial charge in [-0.3, -0.25) is 9.58 Å². The number of hydrogen-bond donors (Lipinski definition) is 2. The fourth-order valence-corrected chi connectivity index (χ4v) is 3.56. The van der Waals surface area contributed by atoms with Crippen molar-refractivity contribution in [1.82, 2.24) is 30.3 Å². The third kappa shape index (κ3) is 6.94. The molecule has 1 atom stereocenters. The predicted molar refractivity (Wildman–Crippen MR) is 134 cm³/mol. The molecule has 1 aromatic carbocycles. The highest BCUT2D eigenvalue weighted by Gasteiger charge is 2.24. The maximum Gasteiger partial charge on any atom is 0.191 e. The first-order chi connectivity index (χ1) is 15.2. The highest BCUT2D eigenvalue weighted by atomic mass is 127. The molecule has 0 amide bonds. The Kier molecular flexibility index (Phi) is 11.0. The molecule has 3 rings (SSSR count). The zero-order chi connectivity index (χ0) is 22.1. The molecule has 1 aliphatic rings. The van der Waals surface area contributed by atoms with Gasteiger partial charge in [-0.25, -0.2) is 9.98 Å². The van der Waals surface area contributed by atoms with Crippen molar-refractivity contribution in [1.29, 1.82) is 0 Å². The number of halogens is 1. The van der Waals surface area contributed by atoms with E-state index in [4.69, 9.17) is 14.2 Å². The van der Waals surface area contributed by atoms with E-state index in [0.29, 0.717) is 13.1 Å². The third-order valence-corrected chi connectivity index (χ3v) is 5.27. The van der Waals surface area contributed by atoms with Crippen molar-refractivity contribution in [2.24, 2.45) is 12.0 Å². The Morgan fingerprint density at radius 2 is 1.94 bits per heavy atom. The number of aromatic nitrogens is 3. The Balaban J connectivity index is 0.00000363. The minimum atomic E-state index is 0. The maximum atomic E-state index is 5.56. The number of nitrogens with zero attached hydrogens (tertiary/aromatic N) is 5. The normalized spacial score (nSPS) is 15.6. The van der Waals surface area contributed by atoms with Crippen LogP contribution in [0.5, 0.6) is 11.5 Å². The summed E-state index contributed by atoms with van der Waals surface area (Å²) in [6, 6.07) is 6.22. The highest BCUT2D eigenvalue weighted by molar-refractivity contribution is 14.0. The van der Waals surface area contributed by atoms with Gasteiger partial charge >= 0.3 is 0 Å². The van der Waals surface area contributed by atoms with Crippen LogP contribution >= 0.6 is 24.0 Å². The second kappa shape index (κ2) is 13.4. The first-order valence-corrected chi connectivity index (χ1v) is 10.5. The summed E-state index contributed by atoms with van der Waals surface area (Å²) in [5.74, 6) is 2.99. The van der Waals surface area contributed by atoms with Crippen LogP contribution in [0.4, 0.5) is 0 Å². The zero-order valence-corrected chi connectivity index (χ0v) is 21.5. The van der Waals surface area contributed by atoms with E-state index < -0.39 is 0 Å². The van der Waals surface area contributed by atoms with Crippen LogP contribution in [0, 0.1) is 0 Å². The second-order valence-corrected chi connectivity index (χ2v) is 7.15. The summed E-state index contributed by atoms with van der Waals surface area (Å²) < 4.78 is 18.2. The van der Waals surface area contributed by atoms with Crippen LogP contribution in [-0.2, 0) is 18.3 Å². The number of ether oxygens (including phenoxy) is 3. The van der Waals surface area contributed by atoms with Crippen LogP contribution in [0.3, 0.4) is 0 Å². The van der Waals surface area contributed by atoms with E-state index in [9.17, 15) is 0 Å². The molecule has 11 heteroatoms. The van der Waals surface area contributed by atoms with E-state index in [-0.39, 0.29) is 30.0 Å². The van der Waals surface area contributed by atoms with E-state index in [1.807, 2.05) is 26.1 Å². The molecule has 1 aromatic heterocycles. The smallest absolute Gasteiger partial charge is 0.191 e. The van der Waals surface area contributed by atoms with E-state index in [1.54, 1.807) is 18.9 Å². The van der Waals surface area contributed by atoms with E-state index in [2.05, 4.69) is 36.7 Å². The quantitative estimate of drug-likeness (QED) is 0.272. The molecular formula is C21H34IN7O3. The summed E-state index contributed by atoms with van der Waals surface area (Å²) in [4.78, 5) is 11.3. The van der Waals surface area contributed by atoms with Gasteiger partial charge in [0.1, 0.15) is 18.7 Å². The molecule has 0 saturated carbocycles. The van der Waals surface area contributed by atoms with Gasteiger partial charge in [0, 0.05) is 33.2 Å². The molecule has 1 saturated heterocycles. The first-order valence-electron chi connectivity index (χ1n) is 10.5. The van der Waals surface area contributed by atoms with Crippen LogP contribution in [0.25, 0.3) is 0 Å². The second-order valence-electron chi connectivity index (χ2n) is 7.15. The molecule has 1 unspecified atom stereocenters. The van der Waals surface area contributed by atoms with Crippen LogP contribution in [0.1, 0.15) is 24.4 Å². The minimum absolute atomic E-state index is 0. The average Bonchev–Trinajstić information content (AvgIpc) is 3.22. The lowest BCUT2D eigenvalue weighted by molar-refractivity contribution is 0.0169. The number of aryl methyl sites for hydroxylation is 1. The third-order valence-electron chi connectivity index (χ3n) is 5.27. The molecule has 0 aliphatic carbocycles. The molecule has 1 aliphatic heterocycles. The average molecular weight is 559 g/mol. The number of morpholine rings is 1. The van der Waals surface area contributed by atoms with Gasteiger partial charge < -0.3 is 24.8 Å². The lowest BCUT2D eigenvalue weighted by atomic mass is 10.0. The largest absolute Gasteiger partial charge is 0.493 e. The summed E-state index contributed by atoms with van der Waals surface area (Å²) in [5, 5.41) is 10.9. The van der Waals surface area contributed by atoms with Gasteiger partial charge in [-0.1, -0.05) is 6.07 Å². The van der Waals surface area contributed by atoms with Crippen molar-refractivity contribution in [3.8, 4) is 11.5 Å². The molecule has 0 spiro atoms. The monoisotopic (exact) mass is 559 g/mol. The Hall–Kier alpha value is -2.12. The molecule has 0 radical (unpaired) electrons. The van der Waals surface area contributed by atoms with E-state index >= 15 is 0 Å². The number of rotatable bonds is 9. The van der Waals surface area contributed by atoms with Crippen molar-refractivity contribution in [2.45, 2.75) is 19.5 Å². The Bertz CT molecular complexity index is 856. The SMILES string of the molecule is CCNC(=NCc1ncnn1C)NCC(c1ccc(OC)c(OC)c1)N1CCOCC1.I. The number of methoxy groups -OCH3 is 2. The number of hydrogen-bond acceptors (Lipinski definition) is 7. The number of nitrogens with one attached hydrogen (secondary N) is 2. The maximum absolute atomic E-state index is 5.56. The lowest BCUT2D eigenvalue weighted by Crippen LogP contribution is -2.46. The standard InChI is InChI=1S/C21H33N7O3.HI/c1-5-22-21(24-14-20-25-15-26-27(20)2)23-13-17(28-8-10-31-11-9-28)16-6-7-18(29-3)19(12-16)30-4;/h6-7,12,15,17H,5,8-11,13-14H2,1-4H3,(H2,22,23,24);1H. The zero-order valence-electron chi connectivity index (χ0n) is 19.2. The fraction of sp³-hybridized carbons (Fsp3) is 0.571. The fourth-order valence-electron chi connectivity index (χ4n) is 3.56. The van der Waals surface area contributed by atoms with Gasteiger partial charge in [0.25, 0.3) is 0 Å². The molecule has 0 bridgehead atoms. The van der Waals surface area contributed by atoms with Gasteiger partial charge in [-0.15, -0.1) is 24.0 Å². The summed E-state index contributed by atoms with van der Waals surface area (Å²) in [6.45, 7) is 7.13. The Morgan fingerprint density at radius 1 is 1.19 bits per heavy atom. The minimum Gasteiger partial charge on any atom is -0.493 e. The topological polar surface area (TPSA) is 98.1 Å². The highest BCUT2D eigenvalue weighted by Crippen LogP contribution is 2.32. The molecule has 178 valence electrons. The molecule has 2 N–H and O–H groups in total. The molecule has 10 nitrogen and oxygen atoms in total. The molecule has 2 heterocycles. The molecule has 2 aromatic rings. The molecule has 1 fully saturated rings. The van der Waals surface area contributed by atoms with Crippen molar-refractivity contribution >= 4 is 29.9 Å². The molecular weight excluding hydrogens is 525 g/mol. The van der Waals surface area contributed by atoms with Crippen LogP contribution in [-0.4, -0.2) is 79.2 Å². The van der Waals surface area contributed by atoms with Crippen molar-refractivity contribution in [3.63, 3.8) is 0 Å². The van der Waals surface area contributed by atoms with Gasteiger partial charge in [-0.2, -0.15) is 5.10 Å². The Morgan fingerprint density at radius 3 is 2.56 bits per heavy atom. The summed E-state index contributed by atoms with van der Waals surface area (Å²) >= 11 is 0. The lowest BCUT2D eigenvalue weighted by Gasteiger charge is -2.35. The van der Waals surface area contributed by atoms with Crippen LogP contribution in [0.2, 0.25) is 0 Å². The van der Waals surface area contributed by atoms with Gasteiger partial charge in [0.05, 0.1) is 33.5 Å².